The number of aromatic nitrogens is 2. The van der Waals surface area contributed by atoms with Gasteiger partial charge in [0.2, 0.25) is 0 Å². The van der Waals surface area contributed by atoms with Gasteiger partial charge in [0.1, 0.15) is 11.6 Å². The molecule has 1 amide bonds. The zero-order valence-corrected chi connectivity index (χ0v) is 15.7. The third kappa shape index (κ3) is 4.74. The summed E-state index contributed by atoms with van der Waals surface area (Å²) >= 11 is 6.13. The minimum atomic E-state index is -0.196. The van der Waals surface area contributed by atoms with Gasteiger partial charge in [-0.15, -0.1) is 0 Å². The monoisotopic (exact) mass is 382 g/mol. The van der Waals surface area contributed by atoms with Crippen LogP contribution in [0.2, 0.25) is 5.02 Å². The van der Waals surface area contributed by atoms with E-state index in [4.69, 9.17) is 16.3 Å². The number of amides is 1. The van der Waals surface area contributed by atoms with Gasteiger partial charge < -0.3 is 15.4 Å². The molecule has 0 saturated heterocycles. The van der Waals surface area contributed by atoms with E-state index in [1.54, 1.807) is 37.7 Å². The van der Waals surface area contributed by atoms with Gasteiger partial charge in [-0.1, -0.05) is 17.7 Å². The lowest BCUT2D eigenvalue weighted by Gasteiger charge is -2.13. The molecule has 0 bridgehead atoms. The summed E-state index contributed by atoms with van der Waals surface area (Å²) in [6.07, 6.45) is 4.93. The minimum Gasteiger partial charge on any atom is -0.495 e. The van der Waals surface area contributed by atoms with E-state index in [0.29, 0.717) is 28.7 Å². The molecular weight excluding hydrogens is 364 g/mol. The summed E-state index contributed by atoms with van der Waals surface area (Å²) < 4.78 is 5.35. The lowest BCUT2D eigenvalue weighted by molar-refractivity contribution is 0.0950. The molecule has 0 saturated carbocycles. The van der Waals surface area contributed by atoms with Crippen molar-refractivity contribution in [3.8, 4) is 5.75 Å². The molecule has 0 unspecified atom stereocenters. The van der Waals surface area contributed by atoms with E-state index in [9.17, 15) is 4.79 Å². The van der Waals surface area contributed by atoms with Gasteiger partial charge in [-0.25, -0.2) is 4.98 Å². The second-order valence-corrected chi connectivity index (χ2v) is 6.31. The predicted molar refractivity (Wildman–Crippen MR) is 106 cm³/mol. The van der Waals surface area contributed by atoms with Crippen LogP contribution in [-0.4, -0.2) is 23.0 Å². The average molecular weight is 383 g/mol. The summed E-state index contributed by atoms with van der Waals surface area (Å²) in [7, 11) is 1.58. The van der Waals surface area contributed by atoms with Crippen LogP contribution in [0.4, 0.5) is 11.5 Å². The molecular formula is C20H19ClN4O2. The Hall–Kier alpha value is -3.12. The summed E-state index contributed by atoms with van der Waals surface area (Å²) in [5.74, 6) is 1.02. The van der Waals surface area contributed by atoms with Gasteiger partial charge in [0.15, 0.2) is 0 Å². The maximum atomic E-state index is 12.2. The first kappa shape index (κ1) is 18.7. The van der Waals surface area contributed by atoms with E-state index in [0.717, 1.165) is 16.8 Å². The first-order chi connectivity index (χ1) is 13.1. The number of carbonyl (C=O) groups is 1. The van der Waals surface area contributed by atoms with Crippen molar-refractivity contribution >= 4 is 29.0 Å². The Morgan fingerprint density at radius 1 is 1.22 bits per heavy atom. The van der Waals surface area contributed by atoms with Crippen molar-refractivity contribution in [2.24, 2.45) is 0 Å². The Bertz CT molecular complexity index is 931. The lowest BCUT2D eigenvalue weighted by atomic mass is 10.2. The Balaban J connectivity index is 1.67. The van der Waals surface area contributed by atoms with E-state index in [1.807, 2.05) is 25.1 Å². The molecule has 27 heavy (non-hydrogen) atoms. The van der Waals surface area contributed by atoms with Gasteiger partial charge >= 0.3 is 0 Å². The standard InChI is InChI=1S/C20H19ClN4O2/c1-13-8-17(18(27-2)9-16(13)21)25-19-6-5-15(12-23-19)20(26)24-11-14-4-3-7-22-10-14/h3-10,12H,11H2,1-2H3,(H,23,25)(H,24,26). The lowest BCUT2D eigenvalue weighted by Crippen LogP contribution is -2.22. The maximum Gasteiger partial charge on any atom is 0.253 e. The van der Waals surface area contributed by atoms with Crippen LogP contribution in [-0.2, 0) is 6.54 Å². The molecule has 3 rings (SSSR count). The molecule has 3 aromatic rings. The number of aryl methyl sites for hydroxylation is 1. The number of halogens is 1. The molecule has 2 heterocycles. The summed E-state index contributed by atoms with van der Waals surface area (Å²) in [6, 6.07) is 10.8. The number of hydrogen-bond acceptors (Lipinski definition) is 5. The van der Waals surface area contributed by atoms with Gasteiger partial charge in [0.25, 0.3) is 5.91 Å². The first-order valence-electron chi connectivity index (χ1n) is 8.31. The number of rotatable bonds is 6. The second kappa shape index (κ2) is 8.51. The van der Waals surface area contributed by atoms with Crippen LogP contribution in [0.15, 0.2) is 55.0 Å². The predicted octanol–water partition coefficient (Wildman–Crippen LogP) is 4.12. The van der Waals surface area contributed by atoms with Crippen LogP contribution in [0.1, 0.15) is 21.5 Å². The summed E-state index contributed by atoms with van der Waals surface area (Å²) in [5, 5.41) is 6.65. The zero-order chi connectivity index (χ0) is 19.2. The number of nitrogens with one attached hydrogen (secondary N) is 2. The zero-order valence-electron chi connectivity index (χ0n) is 15.0. The van der Waals surface area contributed by atoms with E-state index in [1.165, 1.54) is 6.20 Å². The van der Waals surface area contributed by atoms with Crippen LogP contribution in [0, 0.1) is 6.92 Å². The van der Waals surface area contributed by atoms with Crippen molar-refractivity contribution in [3.63, 3.8) is 0 Å². The molecule has 7 heteroatoms. The van der Waals surface area contributed by atoms with E-state index in [-0.39, 0.29) is 5.91 Å². The number of hydrogen-bond donors (Lipinski definition) is 2. The average Bonchev–Trinajstić information content (AvgIpc) is 2.70. The largest absolute Gasteiger partial charge is 0.495 e. The molecule has 0 aliphatic carbocycles. The summed E-state index contributed by atoms with van der Waals surface area (Å²) in [4.78, 5) is 20.6. The quantitative estimate of drug-likeness (QED) is 0.670. The fourth-order valence-electron chi connectivity index (χ4n) is 2.46. The van der Waals surface area contributed by atoms with Gasteiger partial charge in [0.05, 0.1) is 18.4 Å². The molecule has 0 atom stereocenters. The van der Waals surface area contributed by atoms with E-state index in [2.05, 4.69) is 20.6 Å². The summed E-state index contributed by atoms with van der Waals surface area (Å²) in [5.41, 5.74) is 3.08. The molecule has 0 radical (unpaired) electrons. The normalized spacial score (nSPS) is 10.3. The topological polar surface area (TPSA) is 76.1 Å². The van der Waals surface area contributed by atoms with Gasteiger partial charge in [0, 0.05) is 36.2 Å². The molecule has 1 aromatic carbocycles. The molecule has 2 aromatic heterocycles. The highest BCUT2D eigenvalue weighted by atomic mass is 35.5. The third-order valence-corrected chi connectivity index (χ3v) is 4.35. The number of ether oxygens (including phenoxy) is 1. The highest BCUT2D eigenvalue weighted by Gasteiger charge is 2.10. The second-order valence-electron chi connectivity index (χ2n) is 5.90. The number of benzene rings is 1. The molecule has 2 N–H and O–H groups in total. The minimum absolute atomic E-state index is 0.196. The maximum absolute atomic E-state index is 12.2. The number of anilines is 2. The molecule has 0 fully saturated rings. The number of carbonyl (C=O) groups excluding carboxylic acids is 1. The van der Waals surface area contributed by atoms with Crippen molar-refractivity contribution in [1.82, 2.24) is 15.3 Å². The Morgan fingerprint density at radius 3 is 2.74 bits per heavy atom. The number of nitrogens with zero attached hydrogens (tertiary/aromatic N) is 2. The fraction of sp³-hybridized carbons (Fsp3) is 0.150. The molecule has 0 spiro atoms. The van der Waals surface area contributed by atoms with Crippen molar-refractivity contribution in [2.45, 2.75) is 13.5 Å². The summed E-state index contributed by atoms with van der Waals surface area (Å²) in [6.45, 7) is 2.32. The van der Waals surface area contributed by atoms with Crippen LogP contribution >= 0.6 is 11.6 Å². The highest BCUT2D eigenvalue weighted by Crippen LogP contribution is 2.32. The van der Waals surface area contributed by atoms with Gasteiger partial charge in [-0.2, -0.15) is 0 Å². The highest BCUT2D eigenvalue weighted by molar-refractivity contribution is 6.31. The van der Waals surface area contributed by atoms with Crippen molar-refractivity contribution in [2.75, 3.05) is 12.4 Å². The molecule has 0 aliphatic rings. The number of methoxy groups -OCH3 is 1. The first-order valence-corrected chi connectivity index (χ1v) is 8.69. The van der Waals surface area contributed by atoms with E-state index >= 15 is 0 Å². The smallest absolute Gasteiger partial charge is 0.253 e. The Morgan fingerprint density at radius 2 is 2.07 bits per heavy atom. The molecule has 138 valence electrons. The number of pyridine rings is 2. The van der Waals surface area contributed by atoms with Crippen LogP contribution < -0.4 is 15.4 Å². The van der Waals surface area contributed by atoms with Crippen molar-refractivity contribution in [1.29, 1.82) is 0 Å². The Kier molecular flexibility index (Phi) is 5.88. The van der Waals surface area contributed by atoms with Crippen LogP contribution in [0.5, 0.6) is 5.75 Å². The van der Waals surface area contributed by atoms with E-state index < -0.39 is 0 Å². The van der Waals surface area contributed by atoms with Crippen LogP contribution in [0.25, 0.3) is 0 Å². The molecule has 0 aliphatic heterocycles. The Labute approximate surface area is 162 Å². The fourth-order valence-corrected chi connectivity index (χ4v) is 2.61. The van der Waals surface area contributed by atoms with Crippen LogP contribution in [0.3, 0.4) is 0 Å². The van der Waals surface area contributed by atoms with Crippen molar-refractivity contribution in [3.05, 3.63) is 76.7 Å². The van der Waals surface area contributed by atoms with Gasteiger partial charge in [-0.05, 0) is 42.3 Å². The van der Waals surface area contributed by atoms with Gasteiger partial charge in [-0.3, -0.25) is 9.78 Å². The third-order valence-electron chi connectivity index (χ3n) is 3.95. The van der Waals surface area contributed by atoms with Crippen molar-refractivity contribution < 1.29 is 9.53 Å². The SMILES string of the molecule is COc1cc(Cl)c(C)cc1Nc1ccc(C(=O)NCc2cccnc2)cn1. The molecule has 6 nitrogen and oxygen atoms in total.